The standard InChI is InChI=1S/C25H25N7O3/c1-5-34-25(33)18-13-20-24(28-14(18)2)32(4)21(30-20)9-11-27-23-19-12-17(22-29-15(3)35-31-22)7-6-16(19)8-10-26-23/h6-8,10,12-13H,5,9,11H2,1-4H3,(H,26,27). The molecule has 35 heavy (non-hydrogen) atoms. The lowest BCUT2D eigenvalue weighted by Crippen LogP contribution is -2.10. The van der Waals surface area contributed by atoms with Crippen LogP contribution in [0.15, 0.2) is 41.1 Å². The zero-order valence-corrected chi connectivity index (χ0v) is 20.0. The fraction of sp³-hybridized carbons (Fsp3) is 0.280. The molecule has 5 aromatic rings. The highest BCUT2D eigenvalue weighted by atomic mass is 16.5. The number of fused-ring (bicyclic) bond motifs is 2. The van der Waals surface area contributed by atoms with Crippen molar-refractivity contribution in [3.63, 3.8) is 0 Å². The SMILES string of the molecule is CCOC(=O)c1cc2nc(CCNc3nccc4ccc(-c5noc(C)n5)cc34)n(C)c2nc1C. The molecule has 0 aliphatic carbocycles. The first-order chi connectivity index (χ1) is 16.9. The summed E-state index contributed by atoms with van der Waals surface area (Å²) in [7, 11) is 1.93. The molecule has 5 rings (SSSR count). The van der Waals surface area contributed by atoms with Crippen molar-refractivity contribution >= 4 is 33.7 Å². The van der Waals surface area contributed by atoms with E-state index in [1.807, 2.05) is 35.9 Å². The van der Waals surface area contributed by atoms with Gasteiger partial charge in [-0.1, -0.05) is 17.3 Å². The minimum absolute atomic E-state index is 0.313. The van der Waals surface area contributed by atoms with Gasteiger partial charge in [-0.25, -0.2) is 19.7 Å². The van der Waals surface area contributed by atoms with Crippen LogP contribution in [0, 0.1) is 13.8 Å². The number of hydrogen-bond donors (Lipinski definition) is 1. The zero-order chi connectivity index (χ0) is 24.5. The molecule has 0 saturated carbocycles. The van der Waals surface area contributed by atoms with E-state index in [-0.39, 0.29) is 5.97 Å². The molecule has 0 spiro atoms. The molecule has 0 saturated heterocycles. The number of nitrogens with zero attached hydrogens (tertiary/aromatic N) is 6. The van der Waals surface area contributed by atoms with E-state index in [0.29, 0.717) is 48.1 Å². The normalized spacial score (nSPS) is 11.3. The molecular formula is C25H25N7O3. The summed E-state index contributed by atoms with van der Waals surface area (Å²) in [6, 6.07) is 9.71. The van der Waals surface area contributed by atoms with Crippen molar-refractivity contribution in [3.05, 3.63) is 59.5 Å². The number of esters is 1. The fourth-order valence-corrected chi connectivity index (χ4v) is 4.04. The Labute approximate surface area is 201 Å². The van der Waals surface area contributed by atoms with Gasteiger partial charge in [-0.15, -0.1) is 0 Å². The minimum Gasteiger partial charge on any atom is -0.462 e. The Hall–Kier alpha value is -4.34. The van der Waals surface area contributed by atoms with E-state index >= 15 is 0 Å². The van der Waals surface area contributed by atoms with E-state index in [0.717, 1.165) is 33.6 Å². The maximum absolute atomic E-state index is 12.2. The van der Waals surface area contributed by atoms with Crippen LogP contribution in [0.5, 0.6) is 0 Å². The van der Waals surface area contributed by atoms with Gasteiger partial charge >= 0.3 is 5.97 Å². The monoisotopic (exact) mass is 471 g/mol. The molecule has 178 valence electrons. The maximum Gasteiger partial charge on any atom is 0.340 e. The Kier molecular flexibility index (Phi) is 5.86. The average molecular weight is 472 g/mol. The number of benzene rings is 1. The quantitative estimate of drug-likeness (QED) is 0.351. The summed E-state index contributed by atoms with van der Waals surface area (Å²) in [6.07, 6.45) is 2.42. The summed E-state index contributed by atoms with van der Waals surface area (Å²) in [5.41, 5.74) is 3.32. The van der Waals surface area contributed by atoms with Crippen LogP contribution in [-0.4, -0.2) is 48.8 Å². The van der Waals surface area contributed by atoms with Crippen molar-refractivity contribution in [2.24, 2.45) is 7.05 Å². The highest BCUT2D eigenvalue weighted by Crippen LogP contribution is 2.27. The van der Waals surface area contributed by atoms with Crippen molar-refractivity contribution in [3.8, 4) is 11.4 Å². The highest BCUT2D eigenvalue weighted by Gasteiger charge is 2.17. The first kappa shape index (κ1) is 22.5. The molecule has 0 fully saturated rings. The molecule has 0 radical (unpaired) electrons. The lowest BCUT2D eigenvalue weighted by molar-refractivity contribution is 0.0525. The third-order valence-electron chi connectivity index (χ3n) is 5.82. The number of anilines is 1. The molecule has 0 aliphatic heterocycles. The largest absolute Gasteiger partial charge is 0.462 e. The van der Waals surface area contributed by atoms with Gasteiger partial charge in [-0.05, 0) is 37.4 Å². The first-order valence-corrected chi connectivity index (χ1v) is 11.4. The Morgan fingerprint density at radius 2 is 2.00 bits per heavy atom. The molecule has 4 heterocycles. The molecule has 0 aliphatic rings. The number of carbonyl (C=O) groups is 1. The van der Waals surface area contributed by atoms with Gasteiger partial charge in [0.05, 0.1) is 17.9 Å². The summed E-state index contributed by atoms with van der Waals surface area (Å²) < 4.78 is 12.2. The Morgan fingerprint density at radius 3 is 2.77 bits per heavy atom. The van der Waals surface area contributed by atoms with Crippen molar-refractivity contribution in [1.29, 1.82) is 0 Å². The maximum atomic E-state index is 12.2. The number of aryl methyl sites for hydroxylation is 3. The van der Waals surface area contributed by atoms with Crippen molar-refractivity contribution < 1.29 is 14.1 Å². The highest BCUT2D eigenvalue weighted by molar-refractivity contribution is 5.95. The fourth-order valence-electron chi connectivity index (χ4n) is 4.04. The Morgan fingerprint density at radius 1 is 1.14 bits per heavy atom. The number of carbonyl (C=O) groups excluding carboxylic acids is 1. The van der Waals surface area contributed by atoms with E-state index in [2.05, 4.69) is 25.4 Å². The van der Waals surface area contributed by atoms with E-state index in [1.165, 1.54) is 0 Å². The molecule has 1 aromatic carbocycles. The van der Waals surface area contributed by atoms with Gasteiger partial charge in [0.2, 0.25) is 11.7 Å². The van der Waals surface area contributed by atoms with E-state index in [9.17, 15) is 4.79 Å². The molecule has 1 N–H and O–H groups in total. The molecule has 0 amide bonds. The second-order valence-corrected chi connectivity index (χ2v) is 8.18. The third kappa shape index (κ3) is 4.30. The van der Waals surface area contributed by atoms with Gasteiger partial charge in [-0.3, -0.25) is 0 Å². The Bertz CT molecular complexity index is 1550. The van der Waals surface area contributed by atoms with Gasteiger partial charge in [0.15, 0.2) is 5.65 Å². The number of hydrogen-bond acceptors (Lipinski definition) is 9. The van der Waals surface area contributed by atoms with Crippen molar-refractivity contribution in [2.75, 3.05) is 18.5 Å². The smallest absolute Gasteiger partial charge is 0.340 e. The van der Waals surface area contributed by atoms with Crippen LogP contribution in [0.25, 0.3) is 33.3 Å². The summed E-state index contributed by atoms with van der Waals surface area (Å²) in [5.74, 6) is 2.30. The van der Waals surface area contributed by atoms with Crippen LogP contribution >= 0.6 is 0 Å². The van der Waals surface area contributed by atoms with E-state index < -0.39 is 0 Å². The topological polar surface area (TPSA) is 121 Å². The van der Waals surface area contributed by atoms with Crippen LogP contribution in [0.4, 0.5) is 5.82 Å². The zero-order valence-electron chi connectivity index (χ0n) is 20.0. The summed E-state index contributed by atoms with van der Waals surface area (Å²) in [5, 5.41) is 9.46. The summed E-state index contributed by atoms with van der Waals surface area (Å²) >= 11 is 0. The predicted molar refractivity (Wildman–Crippen MR) is 131 cm³/mol. The Balaban J connectivity index is 1.37. The van der Waals surface area contributed by atoms with Crippen LogP contribution in [0.2, 0.25) is 0 Å². The van der Waals surface area contributed by atoms with Crippen molar-refractivity contribution in [2.45, 2.75) is 27.2 Å². The van der Waals surface area contributed by atoms with Crippen LogP contribution < -0.4 is 5.32 Å². The number of nitrogens with one attached hydrogen (secondary N) is 1. The molecule has 4 aromatic heterocycles. The molecular weight excluding hydrogens is 446 g/mol. The van der Waals surface area contributed by atoms with Crippen LogP contribution in [0.3, 0.4) is 0 Å². The second-order valence-electron chi connectivity index (χ2n) is 8.18. The molecule has 10 nitrogen and oxygen atoms in total. The lowest BCUT2D eigenvalue weighted by Gasteiger charge is -2.09. The van der Waals surface area contributed by atoms with Gasteiger partial charge in [0.1, 0.15) is 17.2 Å². The number of pyridine rings is 2. The van der Waals surface area contributed by atoms with Gasteiger partial charge < -0.3 is 19.1 Å². The summed E-state index contributed by atoms with van der Waals surface area (Å²) in [4.78, 5) is 30.4. The molecule has 10 heteroatoms. The molecule has 0 bridgehead atoms. The number of rotatable bonds is 7. The average Bonchev–Trinajstić information content (AvgIpc) is 3.42. The first-order valence-electron chi connectivity index (χ1n) is 11.4. The van der Waals surface area contributed by atoms with Gasteiger partial charge in [-0.2, -0.15) is 4.98 Å². The molecule has 0 atom stereocenters. The van der Waals surface area contributed by atoms with Gasteiger partial charge in [0.25, 0.3) is 0 Å². The third-order valence-corrected chi connectivity index (χ3v) is 5.82. The minimum atomic E-state index is -0.384. The summed E-state index contributed by atoms with van der Waals surface area (Å²) in [6.45, 7) is 6.27. The van der Waals surface area contributed by atoms with E-state index in [1.54, 1.807) is 33.0 Å². The van der Waals surface area contributed by atoms with Crippen LogP contribution in [0.1, 0.15) is 34.7 Å². The van der Waals surface area contributed by atoms with Gasteiger partial charge in [0, 0.05) is 44.1 Å². The number of ether oxygens (including phenoxy) is 1. The second kappa shape index (κ2) is 9.13. The van der Waals surface area contributed by atoms with E-state index in [4.69, 9.17) is 14.2 Å². The lowest BCUT2D eigenvalue weighted by atomic mass is 10.1. The molecule has 0 unspecified atom stereocenters. The predicted octanol–water partition coefficient (Wildman–Crippen LogP) is 4.01. The van der Waals surface area contributed by atoms with Crippen LogP contribution in [-0.2, 0) is 18.2 Å². The van der Waals surface area contributed by atoms with Crippen molar-refractivity contribution in [1.82, 2.24) is 29.7 Å². The number of aromatic nitrogens is 6. The number of imidazole rings is 1.